The third-order valence-electron chi connectivity index (χ3n) is 2.84. The monoisotopic (exact) mass is 289 g/mol. The molecule has 110 valence electrons. The highest BCUT2D eigenvalue weighted by atomic mass is 19.1. The molecular weight excluding hydrogens is 273 g/mol. The van der Waals surface area contributed by atoms with Gasteiger partial charge in [0.1, 0.15) is 5.75 Å². The van der Waals surface area contributed by atoms with Crippen molar-refractivity contribution < 1.29 is 18.7 Å². The normalized spacial score (nSPS) is 10.0. The van der Waals surface area contributed by atoms with Gasteiger partial charge in [-0.05, 0) is 29.8 Å². The molecule has 0 aliphatic carbocycles. The Hall–Kier alpha value is -2.56. The number of para-hydroxylation sites is 1. The zero-order chi connectivity index (χ0) is 15.1. The van der Waals surface area contributed by atoms with Crippen LogP contribution in [0, 0.1) is 5.82 Å². The SMILES string of the molecule is COc1ccc(CNC(=O)COc2ccccc2F)cc1. The molecule has 1 N–H and O–H groups in total. The molecule has 2 aromatic rings. The Kier molecular flexibility index (Phi) is 5.15. The summed E-state index contributed by atoms with van der Waals surface area (Å²) in [5.74, 6) is 0.0274. The Bertz CT molecular complexity index is 599. The number of hydrogen-bond donors (Lipinski definition) is 1. The fourth-order valence-corrected chi connectivity index (χ4v) is 1.70. The first kappa shape index (κ1) is 14.8. The maximum absolute atomic E-state index is 13.3. The number of amides is 1. The zero-order valence-electron chi connectivity index (χ0n) is 11.6. The van der Waals surface area contributed by atoms with Gasteiger partial charge in [0.25, 0.3) is 5.91 Å². The molecule has 0 aromatic heterocycles. The Balaban J connectivity index is 1.78. The molecule has 0 saturated heterocycles. The lowest BCUT2D eigenvalue weighted by Gasteiger charge is -2.08. The van der Waals surface area contributed by atoms with Crippen LogP contribution in [0.4, 0.5) is 4.39 Å². The highest BCUT2D eigenvalue weighted by Gasteiger charge is 2.06. The van der Waals surface area contributed by atoms with Gasteiger partial charge in [0, 0.05) is 6.54 Å². The highest BCUT2D eigenvalue weighted by Crippen LogP contribution is 2.15. The third-order valence-corrected chi connectivity index (χ3v) is 2.84. The number of carbonyl (C=O) groups is 1. The van der Waals surface area contributed by atoms with Crippen molar-refractivity contribution in [2.45, 2.75) is 6.54 Å². The van der Waals surface area contributed by atoms with Crippen LogP contribution in [-0.4, -0.2) is 19.6 Å². The molecule has 2 aromatic carbocycles. The van der Waals surface area contributed by atoms with Gasteiger partial charge >= 0.3 is 0 Å². The maximum Gasteiger partial charge on any atom is 0.258 e. The van der Waals surface area contributed by atoms with Crippen LogP contribution in [0.1, 0.15) is 5.56 Å². The zero-order valence-corrected chi connectivity index (χ0v) is 11.6. The number of ether oxygens (including phenoxy) is 2. The van der Waals surface area contributed by atoms with E-state index in [1.54, 1.807) is 19.2 Å². The van der Waals surface area contributed by atoms with Gasteiger partial charge in [0.2, 0.25) is 0 Å². The Labute approximate surface area is 122 Å². The lowest BCUT2D eigenvalue weighted by atomic mass is 10.2. The van der Waals surface area contributed by atoms with Gasteiger partial charge < -0.3 is 14.8 Å². The van der Waals surface area contributed by atoms with Crippen LogP contribution in [0.2, 0.25) is 0 Å². The van der Waals surface area contributed by atoms with Gasteiger partial charge in [0.15, 0.2) is 18.2 Å². The number of rotatable bonds is 6. The van der Waals surface area contributed by atoms with Crippen molar-refractivity contribution in [3.8, 4) is 11.5 Å². The van der Waals surface area contributed by atoms with Crippen LogP contribution in [0.25, 0.3) is 0 Å². The molecule has 4 nitrogen and oxygen atoms in total. The summed E-state index contributed by atoms with van der Waals surface area (Å²) >= 11 is 0. The van der Waals surface area contributed by atoms with Crippen LogP contribution < -0.4 is 14.8 Å². The standard InChI is InChI=1S/C16H16FNO3/c1-20-13-8-6-12(7-9-13)10-18-16(19)11-21-15-5-3-2-4-14(15)17/h2-9H,10-11H2,1H3,(H,18,19). The lowest BCUT2D eigenvalue weighted by molar-refractivity contribution is -0.123. The summed E-state index contributed by atoms with van der Waals surface area (Å²) < 4.78 is 23.5. The van der Waals surface area contributed by atoms with E-state index in [4.69, 9.17) is 9.47 Å². The predicted octanol–water partition coefficient (Wildman–Crippen LogP) is 2.53. The van der Waals surface area contributed by atoms with E-state index < -0.39 is 5.82 Å². The van der Waals surface area contributed by atoms with Gasteiger partial charge in [-0.25, -0.2) is 4.39 Å². The Morgan fingerprint density at radius 1 is 1.14 bits per heavy atom. The highest BCUT2D eigenvalue weighted by molar-refractivity contribution is 5.77. The van der Waals surface area contributed by atoms with Gasteiger partial charge in [-0.2, -0.15) is 0 Å². The summed E-state index contributed by atoms with van der Waals surface area (Å²) in [4.78, 5) is 11.6. The van der Waals surface area contributed by atoms with Crippen LogP contribution >= 0.6 is 0 Å². The number of halogens is 1. The van der Waals surface area contributed by atoms with Crippen molar-refractivity contribution in [1.29, 1.82) is 0 Å². The van der Waals surface area contributed by atoms with Crippen molar-refractivity contribution in [2.24, 2.45) is 0 Å². The Morgan fingerprint density at radius 3 is 2.52 bits per heavy atom. The first-order chi connectivity index (χ1) is 10.2. The fourth-order valence-electron chi connectivity index (χ4n) is 1.70. The predicted molar refractivity (Wildman–Crippen MR) is 76.7 cm³/mol. The topological polar surface area (TPSA) is 47.6 Å². The largest absolute Gasteiger partial charge is 0.497 e. The van der Waals surface area contributed by atoms with E-state index in [2.05, 4.69) is 5.32 Å². The number of benzene rings is 2. The summed E-state index contributed by atoms with van der Waals surface area (Å²) in [7, 11) is 1.59. The molecule has 21 heavy (non-hydrogen) atoms. The summed E-state index contributed by atoms with van der Waals surface area (Å²) in [5.41, 5.74) is 0.940. The number of methoxy groups -OCH3 is 1. The van der Waals surface area contributed by atoms with Gasteiger partial charge in [0.05, 0.1) is 7.11 Å². The molecule has 0 saturated carbocycles. The van der Waals surface area contributed by atoms with Gasteiger partial charge in [-0.1, -0.05) is 24.3 Å². The van der Waals surface area contributed by atoms with E-state index in [0.717, 1.165) is 11.3 Å². The van der Waals surface area contributed by atoms with Crippen LogP contribution in [-0.2, 0) is 11.3 Å². The summed E-state index contributed by atoms with van der Waals surface area (Å²) in [5, 5.41) is 2.70. The van der Waals surface area contributed by atoms with Crippen molar-refractivity contribution in [3.63, 3.8) is 0 Å². The van der Waals surface area contributed by atoms with E-state index in [9.17, 15) is 9.18 Å². The number of nitrogens with one attached hydrogen (secondary N) is 1. The number of hydrogen-bond acceptors (Lipinski definition) is 3. The molecular formula is C16H16FNO3. The molecule has 0 bridgehead atoms. The molecule has 5 heteroatoms. The molecule has 0 heterocycles. The van der Waals surface area contributed by atoms with E-state index in [0.29, 0.717) is 6.54 Å². The molecule has 0 aliphatic heterocycles. The first-order valence-corrected chi connectivity index (χ1v) is 6.46. The Morgan fingerprint density at radius 2 is 1.86 bits per heavy atom. The van der Waals surface area contributed by atoms with Crippen molar-refractivity contribution in [1.82, 2.24) is 5.32 Å². The van der Waals surface area contributed by atoms with Gasteiger partial charge in [-0.15, -0.1) is 0 Å². The summed E-state index contributed by atoms with van der Waals surface area (Å²) in [6.07, 6.45) is 0. The second kappa shape index (κ2) is 7.28. The molecule has 1 amide bonds. The second-order valence-electron chi connectivity index (χ2n) is 4.34. The van der Waals surface area contributed by atoms with E-state index in [1.165, 1.54) is 12.1 Å². The van der Waals surface area contributed by atoms with Crippen LogP contribution in [0.3, 0.4) is 0 Å². The van der Waals surface area contributed by atoms with E-state index in [1.807, 2.05) is 24.3 Å². The molecule has 0 unspecified atom stereocenters. The molecule has 0 radical (unpaired) electrons. The maximum atomic E-state index is 13.3. The van der Waals surface area contributed by atoms with Crippen LogP contribution in [0.15, 0.2) is 48.5 Å². The first-order valence-electron chi connectivity index (χ1n) is 6.46. The minimum atomic E-state index is -0.486. The van der Waals surface area contributed by atoms with E-state index >= 15 is 0 Å². The van der Waals surface area contributed by atoms with Crippen molar-refractivity contribution in [2.75, 3.05) is 13.7 Å². The average molecular weight is 289 g/mol. The van der Waals surface area contributed by atoms with Crippen molar-refractivity contribution in [3.05, 3.63) is 59.9 Å². The molecule has 0 spiro atoms. The second-order valence-corrected chi connectivity index (χ2v) is 4.34. The van der Waals surface area contributed by atoms with Crippen molar-refractivity contribution >= 4 is 5.91 Å². The molecule has 0 aliphatic rings. The summed E-state index contributed by atoms with van der Waals surface area (Å²) in [6.45, 7) is 0.153. The minimum Gasteiger partial charge on any atom is -0.497 e. The quantitative estimate of drug-likeness (QED) is 0.889. The van der Waals surface area contributed by atoms with Gasteiger partial charge in [-0.3, -0.25) is 4.79 Å². The smallest absolute Gasteiger partial charge is 0.258 e. The van der Waals surface area contributed by atoms with Crippen LogP contribution in [0.5, 0.6) is 11.5 Å². The minimum absolute atomic E-state index is 0.0668. The molecule has 2 rings (SSSR count). The third kappa shape index (κ3) is 4.49. The average Bonchev–Trinajstić information content (AvgIpc) is 2.52. The molecule has 0 fully saturated rings. The molecule has 0 atom stereocenters. The lowest BCUT2D eigenvalue weighted by Crippen LogP contribution is -2.28. The van der Waals surface area contributed by atoms with E-state index in [-0.39, 0.29) is 18.3 Å². The number of carbonyl (C=O) groups excluding carboxylic acids is 1. The fraction of sp³-hybridized carbons (Fsp3) is 0.188. The summed E-state index contributed by atoms with van der Waals surface area (Å²) in [6, 6.07) is 13.3.